The lowest BCUT2D eigenvalue weighted by Crippen LogP contribution is -2.15. The zero-order chi connectivity index (χ0) is 15.9. The van der Waals surface area contributed by atoms with Crippen LogP contribution in [0, 0.1) is 11.3 Å². The van der Waals surface area contributed by atoms with E-state index in [1.165, 1.54) is 7.11 Å². The van der Waals surface area contributed by atoms with Crippen molar-refractivity contribution in [1.29, 1.82) is 5.26 Å². The SMILES string of the molecule is COC(=O)C[C@@H](c1ccc(Br)cc1)[C@@H](C#N)c1cccnc1. The fraction of sp³-hybridized carbons (Fsp3) is 0.235. The van der Waals surface area contributed by atoms with Crippen molar-refractivity contribution in [1.82, 2.24) is 4.98 Å². The number of benzene rings is 1. The molecule has 22 heavy (non-hydrogen) atoms. The van der Waals surface area contributed by atoms with E-state index in [1.54, 1.807) is 18.5 Å². The molecular weight excluding hydrogens is 344 g/mol. The smallest absolute Gasteiger partial charge is 0.306 e. The van der Waals surface area contributed by atoms with Gasteiger partial charge in [-0.2, -0.15) is 5.26 Å². The van der Waals surface area contributed by atoms with Crippen LogP contribution in [0.4, 0.5) is 0 Å². The molecule has 2 aromatic rings. The van der Waals surface area contributed by atoms with Crippen LogP contribution in [0.2, 0.25) is 0 Å². The Morgan fingerprint density at radius 3 is 2.59 bits per heavy atom. The van der Waals surface area contributed by atoms with Gasteiger partial charge in [0.25, 0.3) is 0 Å². The van der Waals surface area contributed by atoms with Crippen molar-refractivity contribution in [2.45, 2.75) is 18.3 Å². The number of halogens is 1. The number of ether oxygens (including phenoxy) is 1. The maximum Gasteiger partial charge on any atom is 0.306 e. The molecule has 0 amide bonds. The van der Waals surface area contributed by atoms with E-state index in [4.69, 9.17) is 4.74 Å². The predicted molar refractivity (Wildman–Crippen MR) is 86.1 cm³/mol. The van der Waals surface area contributed by atoms with E-state index in [0.29, 0.717) is 0 Å². The first-order valence-corrected chi connectivity index (χ1v) is 7.57. The van der Waals surface area contributed by atoms with Gasteiger partial charge >= 0.3 is 5.97 Å². The Balaban J connectivity index is 2.40. The third kappa shape index (κ3) is 3.92. The summed E-state index contributed by atoms with van der Waals surface area (Å²) < 4.78 is 5.73. The van der Waals surface area contributed by atoms with E-state index in [1.807, 2.05) is 30.3 Å². The first kappa shape index (κ1) is 16.2. The molecule has 0 radical (unpaired) electrons. The summed E-state index contributed by atoms with van der Waals surface area (Å²) in [6, 6.07) is 13.6. The average molecular weight is 359 g/mol. The second-order valence-electron chi connectivity index (χ2n) is 4.83. The predicted octanol–water partition coefficient (Wildman–Crippen LogP) is 3.80. The molecule has 0 N–H and O–H groups in total. The molecule has 112 valence electrons. The summed E-state index contributed by atoms with van der Waals surface area (Å²) in [5.74, 6) is -1.08. The van der Waals surface area contributed by atoms with Gasteiger partial charge in [0.1, 0.15) is 0 Å². The van der Waals surface area contributed by atoms with Gasteiger partial charge in [-0.25, -0.2) is 0 Å². The zero-order valence-electron chi connectivity index (χ0n) is 12.1. The van der Waals surface area contributed by atoms with Gasteiger partial charge in [-0.3, -0.25) is 9.78 Å². The molecule has 1 aromatic heterocycles. The van der Waals surface area contributed by atoms with Crippen LogP contribution in [0.25, 0.3) is 0 Å². The molecule has 0 spiro atoms. The molecule has 0 aliphatic rings. The molecule has 0 aliphatic carbocycles. The van der Waals surface area contributed by atoms with E-state index < -0.39 is 5.92 Å². The molecule has 1 aromatic carbocycles. The summed E-state index contributed by atoms with van der Waals surface area (Å²) in [5, 5.41) is 9.61. The molecular formula is C17H15BrN2O2. The lowest BCUT2D eigenvalue weighted by Gasteiger charge is -2.21. The summed E-state index contributed by atoms with van der Waals surface area (Å²) >= 11 is 3.39. The van der Waals surface area contributed by atoms with Crippen LogP contribution in [0.1, 0.15) is 29.4 Å². The highest BCUT2D eigenvalue weighted by Crippen LogP contribution is 2.35. The van der Waals surface area contributed by atoms with Gasteiger partial charge in [0, 0.05) is 22.8 Å². The Morgan fingerprint density at radius 2 is 2.05 bits per heavy atom. The summed E-state index contributed by atoms with van der Waals surface area (Å²) in [6.45, 7) is 0. The number of carbonyl (C=O) groups excluding carboxylic acids is 1. The van der Waals surface area contributed by atoms with Gasteiger partial charge in [0.15, 0.2) is 0 Å². The first-order chi connectivity index (χ1) is 10.7. The molecule has 0 saturated heterocycles. The molecule has 0 bridgehead atoms. The van der Waals surface area contributed by atoms with Crippen molar-refractivity contribution in [3.05, 3.63) is 64.4 Å². The largest absolute Gasteiger partial charge is 0.469 e. The number of esters is 1. The van der Waals surface area contributed by atoms with Crippen LogP contribution in [0.15, 0.2) is 53.3 Å². The van der Waals surface area contributed by atoms with Crippen LogP contribution >= 0.6 is 15.9 Å². The van der Waals surface area contributed by atoms with Gasteiger partial charge in [0.2, 0.25) is 0 Å². The lowest BCUT2D eigenvalue weighted by atomic mass is 9.81. The number of carbonyl (C=O) groups is 1. The molecule has 2 atom stereocenters. The normalized spacial score (nSPS) is 13.0. The van der Waals surface area contributed by atoms with Crippen molar-refractivity contribution in [2.75, 3.05) is 7.11 Å². The van der Waals surface area contributed by atoms with Crippen LogP contribution in [0.5, 0.6) is 0 Å². The second kappa shape index (κ2) is 7.71. The van der Waals surface area contributed by atoms with E-state index in [0.717, 1.165) is 15.6 Å². The van der Waals surface area contributed by atoms with Crippen LogP contribution in [-0.4, -0.2) is 18.1 Å². The highest BCUT2D eigenvalue weighted by atomic mass is 79.9. The fourth-order valence-corrected chi connectivity index (χ4v) is 2.62. The van der Waals surface area contributed by atoms with E-state index in [9.17, 15) is 10.1 Å². The minimum Gasteiger partial charge on any atom is -0.469 e. The Kier molecular flexibility index (Phi) is 5.68. The third-order valence-electron chi connectivity index (χ3n) is 3.50. The van der Waals surface area contributed by atoms with E-state index in [-0.39, 0.29) is 18.3 Å². The minimum atomic E-state index is -0.464. The Morgan fingerprint density at radius 1 is 1.32 bits per heavy atom. The second-order valence-corrected chi connectivity index (χ2v) is 5.75. The van der Waals surface area contributed by atoms with Crippen LogP contribution < -0.4 is 0 Å². The first-order valence-electron chi connectivity index (χ1n) is 6.77. The number of rotatable bonds is 5. The number of hydrogen-bond acceptors (Lipinski definition) is 4. The Hall–Kier alpha value is -2.19. The summed E-state index contributed by atoms with van der Waals surface area (Å²) in [7, 11) is 1.35. The van der Waals surface area contributed by atoms with Crippen molar-refractivity contribution in [3.8, 4) is 6.07 Å². The van der Waals surface area contributed by atoms with Gasteiger partial charge in [-0.05, 0) is 29.3 Å². The molecule has 0 unspecified atom stereocenters. The van der Waals surface area contributed by atoms with E-state index in [2.05, 4.69) is 27.0 Å². The van der Waals surface area contributed by atoms with Gasteiger partial charge in [0.05, 0.1) is 25.5 Å². The molecule has 2 rings (SSSR count). The molecule has 1 heterocycles. The number of methoxy groups -OCH3 is 1. The van der Waals surface area contributed by atoms with Crippen molar-refractivity contribution < 1.29 is 9.53 Å². The third-order valence-corrected chi connectivity index (χ3v) is 4.03. The topological polar surface area (TPSA) is 63.0 Å². The number of nitriles is 1. The van der Waals surface area contributed by atoms with Crippen molar-refractivity contribution >= 4 is 21.9 Å². The number of pyridine rings is 1. The summed E-state index contributed by atoms with van der Waals surface area (Å²) in [6.07, 6.45) is 3.47. The maximum atomic E-state index is 11.8. The van der Waals surface area contributed by atoms with E-state index >= 15 is 0 Å². The monoisotopic (exact) mass is 358 g/mol. The minimum absolute atomic E-state index is 0.144. The standard InChI is InChI=1S/C17H15BrN2O2/c1-22-17(21)9-15(12-4-6-14(18)7-5-12)16(10-19)13-3-2-8-20-11-13/h2-8,11,15-16H,9H2,1H3/t15-,16-/m0/s1. The van der Waals surface area contributed by atoms with Crippen LogP contribution in [0.3, 0.4) is 0 Å². The number of hydrogen-bond donors (Lipinski definition) is 0. The summed E-state index contributed by atoms with van der Waals surface area (Å²) in [4.78, 5) is 15.8. The average Bonchev–Trinajstić information content (AvgIpc) is 2.56. The number of aromatic nitrogens is 1. The zero-order valence-corrected chi connectivity index (χ0v) is 13.7. The van der Waals surface area contributed by atoms with Gasteiger partial charge < -0.3 is 4.74 Å². The van der Waals surface area contributed by atoms with Crippen LogP contribution in [-0.2, 0) is 9.53 Å². The molecule has 0 saturated carbocycles. The number of nitrogens with zero attached hydrogens (tertiary/aromatic N) is 2. The highest BCUT2D eigenvalue weighted by molar-refractivity contribution is 9.10. The van der Waals surface area contributed by atoms with Crippen molar-refractivity contribution in [3.63, 3.8) is 0 Å². The molecule has 5 heteroatoms. The van der Waals surface area contributed by atoms with Crippen molar-refractivity contribution in [2.24, 2.45) is 0 Å². The highest BCUT2D eigenvalue weighted by Gasteiger charge is 2.27. The maximum absolute atomic E-state index is 11.8. The van der Waals surface area contributed by atoms with Gasteiger partial charge in [-0.1, -0.05) is 34.1 Å². The Labute approximate surface area is 137 Å². The quantitative estimate of drug-likeness (QED) is 0.762. The summed E-state index contributed by atoms with van der Waals surface area (Å²) in [5.41, 5.74) is 1.71. The lowest BCUT2D eigenvalue weighted by molar-refractivity contribution is -0.141. The molecule has 0 fully saturated rings. The fourth-order valence-electron chi connectivity index (χ4n) is 2.36. The molecule has 4 nitrogen and oxygen atoms in total. The van der Waals surface area contributed by atoms with Gasteiger partial charge in [-0.15, -0.1) is 0 Å². The Bertz CT molecular complexity index is 665. The molecule has 0 aliphatic heterocycles.